The molecule has 2 aliphatic rings. The van der Waals surface area contributed by atoms with Crippen molar-refractivity contribution >= 4 is 12.0 Å². The number of ether oxygens (including phenoxy) is 4. The Balaban J connectivity index is 0.000000400. The maximum absolute atomic E-state index is 10.8. The number of furan rings is 1. The van der Waals surface area contributed by atoms with Crippen LogP contribution in [-0.4, -0.2) is 39.2 Å². The molecule has 0 radical (unpaired) electrons. The van der Waals surface area contributed by atoms with Crippen LogP contribution in [0, 0.1) is 0 Å². The number of benzene rings is 2. The first-order valence-corrected chi connectivity index (χ1v) is 11.7. The normalized spacial score (nSPS) is 13.3. The van der Waals surface area contributed by atoms with Crippen molar-refractivity contribution in [2.75, 3.05) is 33.2 Å². The Labute approximate surface area is 205 Å². The predicted molar refractivity (Wildman–Crippen MR) is 131 cm³/mol. The van der Waals surface area contributed by atoms with E-state index in [1.54, 1.807) is 17.0 Å². The van der Waals surface area contributed by atoms with Gasteiger partial charge in [-0.05, 0) is 74.9 Å². The largest absolute Gasteiger partial charge is 0.545 e. The molecular formula is C27H31NO7. The third kappa shape index (κ3) is 5.60. The van der Waals surface area contributed by atoms with Crippen LogP contribution in [0.3, 0.4) is 0 Å². The fraction of sp³-hybridized carbons (Fsp3) is 0.296. The van der Waals surface area contributed by atoms with Crippen LogP contribution in [-0.2, 0) is 4.79 Å². The number of carboxylic acids is 1. The van der Waals surface area contributed by atoms with Crippen LogP contribution in [0.1, 0.15) is 28.0 Å². The number of hydrogen-bond acceptors (Lipinski definition) is 7. The molecule has 0 fully saturated rings. The van der Waals surface area contributed by atoms with E-state index in [0.29, 0.717) is 34.5 Å². The lowest BCUT2D eigenvalue weighted by molar-refractivity contribution is -0.894. The Kier molecular flexibility index (Phi) is 7.62. The van der Waals surface area contributed by atoms with Gasteiger partial charge in [-0.1, -0.05) is 6.07 Å². The maximum atomic E-state index is 10.8. The molecule has 0 saturated carbocycles. The Morgan fingerprint density at radius 3 is 1.94 bits per heavy atom. The molecule has 35 heavy (non-hydrogen) atoms. The van der Waals surface area contributed by atoms with Crippen LogP contribution in [0.5, 0.6) is 23.0 Å². The second-order valence-electron chi connectivity index (χ2n) is 7.99. The number of carbonyl (C=O) groups excluding carboxylic acids is 1. The number of hydrogen-bond donors (Lipinski definition) is 1. The molecule has 186 valence electrons. The molecule has 1 aromatic heterocycles. The van der Waals surface area contributed by atoms with Gasteiger partial charge in [0.2, 0.25) is 13.6 Å². The van der Waals surface area contributed by atoms with Crippen LogP contribution < -0.4 is 29.0 Å². The van der Waals surface area contributed by atoms with Crippen LogP contribution in [0.2, 0.25) is 0 Å². The molecular weight excluding hydrogens is 450 g/mol. The highest BCUT2D eigenvalue weighted by Gasteiger charge is 2.21. The molecule has 3 aromatic rings. The van der Waals surface area contributed by atoms with Gasteiger partial charge in [0, 0.05) is 12.6 Å². The van der Waals surface area contributed by atoms with Gasteiger partial charge in [-0.25, -0.2) is 0 Å². The van der Waals surface area contributed by atoms with Crippen molar-refractivity contribution in [3.05, 3.63) is 54.3 Å². The molecule has 5 rings (SSSR count). The van der Waals surface area contributed by atoms with Gasteiger partial charge in [-0.2, -0.15) is 0 Å². The van der Waals surface area contributed by atoms with Crippen molar-refractivity contribution in [1.29, 1.82) is 0 Å². The van der Waals surface area contributed by atoms with Gasteiger partial charge in [0.1, 0.15) is 11.5 Å². The second kappa shape index (κ2) is 11.0. The minimum atomic E-state index is -1.30. The van der Waals surface area contributed by atoms with Crippen molar-refractivity contribution in [3.63, 3.8) is 0 Å². The van der Waals surface area contributed by atoms with Crippen LogP contribution in [0.4, 0.5) is 0 Å². The van der Waals surface area contributed by atoms with Gasteiger partial charge >= 0.3 is 0 Å². The van der Waals surface area contributed by atoms with Gasteiger partial charge in [-0.3, -0.25) is 0 Å². The smallest absolute Gasteiger partial charge is 0.231 e. The average Bonchev–Trinajstić information content (AvgIpc) is 3.62. The van der Waals surface area contributed by atoms with E-state index in [9.17, 15) is 9.90 Å². The zero-order chi connectivity index (χ0) is 24.8. The number of carboxylic acid groups (broad SMARTS) is 1. The molecule has 0 saturated heterocycles. The summed E-state index contributed by atoms with van der Waals surface area (Å²) in [7, 11) is 0. The van der Waals surface area contributed by atoms with Gasteiger partial charge < -0.3 is 38.2 Å². The van der Waals surface area contributed by atoms with Crippen LogP contribution in [0.15, 0.2) is 53.0 Å². The molecule has 0 aliphatic carbocycles. The topological polar surface area (TPSA) is 94.6 Å². The van der Waals surface area contributed by atoms with E-state index in [2.05, 4.69) is 20.8 Å². The summed E-state index contributed by atoms with van der Waals surface area (Å²) in [5.74, 6) is 2.25. The first-order chi connectivity index (χ1) is 17.0. The fourth-order valence-electron chi connectivity index (χ4n) is 3.92. The Morgan fingerprint density at radius 2 is 1.40 bits per heavy atom. The lowest BCUT2D eigenvalue weighted by Crippen LogP contribution is -3.11. The van der Waals surface area contributed by atoms with E-state index < -0.39 is 5.97 Å². The second-order valence-corrected chi connectivity index (χ2v) is 7.99. The van der Waals surface area contributed by atoms with Crippen molar-refractivity contribution in [2.45, 2.75) is 20.8 Å². The summed E-state index contributed by atoms with van der Waals surface area (Å²) >= 11 is 0. The molecule has 0 amide bonds. The Morgan fingerprint density at radius 1 is 0.857 bits per heavy atom. The average molecular weight is 482 g/mol. The quantitative estimate of drug-likeness (QED) is 0.519. The molecule has 0 bridgehead atoms. The molecule has 0 spiro atoms. The lowest BCUT2D eigenvalue weighted by Gasteiger charge is -2.10. The molecule has 8 nitrogen and oxygen atoms in total. The van der Waals surface area contributed by atoms with Crippen LogP contribution in [0.25, 0.3) is 28.5 Å². The lowest BCUT2D eigenvalue weighted by atomic mass is 10.0. The summed E-state index contributed by atoms with van der Waals surface area (Å²) < 4.78 is 27.6. The third-order valence-electron chi connectivity index (χ3n) is 5.95. The van der Waals surface area contributed by atoms with E-state index in [1.807, 2.05) is 30.3 Å². The number of carbonyl (C=O) groups is 1. The van der Waals surface area contributed by atoms with E-state index in [4.69, 9.17) is 23.4 Å². The van der Waals surface area contributed by atoms with Gasteiger partial charge in [0.25, 0.3) is 0 Å². The number of nitrogens with one attached hydrogen (secondary N) is 1. The monoisotopic (exact) mass is 481 g/mol. The zero-order valence-electron chi connectivity index (χ0n) is 20.1. The minimum absolute atomic E-state index is 0. The van der Waals surface area contributed by atoms with Gasteiger partial charge in [0.05, 0.1) is 25.6 Å². The molecule has 2 aliphatic heterocycles. The SMILES string of the molecule is CC[NH+](CC)CC.O=C([O-])/C=C/c1cc(-c2ccc3c(c2)OCO3)c(-c2ccc3c(c2)OCO3)o1.[HH]. The summed E-state index contributed by atoms with van der Waals surface area (Å²) in [6.07, 6.45) is 2.27. The summed E-state index contributed by atoms with van der Waals surface area (Å²) in [5.41, 5.74) is 2.38. The standard InChI is InChI=1S/C21H14O7.C6H15N.H2/c22-20(23)6-3-14-9-15(12-1-4-16-18(7-12)26-10-24-16)21(28-14)13-2-5-17-19(8-13)27-11-25-17;1-4-7(5-2)6-3;/h1-9H,10-11H2,(H,22,23);4-6H2,1-3H3;1H/b6-3+;;. The number of aliphatic carboxylic acids is 1. The van der Waals surface area contributed by atoms with E-state index in [1.165, 1.54) is 25.7 Å². The number of rotatable bonds is 7. The molecule has 0 unspecified atom stereocenters. The summed E-state index contributed by atoms with van der Waals surface area (Å²) in [6.45, 7) is 10.8. The van der Waals surface area contributed by atoms with Crippen molar-refractivity contribution in [1.82, 2.24) is 0 Å². The molecule has 8 heteroatoms. The number of quaternary nitrogens is 1. The van der Waals surface area contributed by atoms with Crippen molar-refractivity contribution in [2.24, 2.45) is 0 Å². The Hall–Kier alpha value is -3.91. The van der Waals surface area contributed by atoms with Crippen LogP contribution >= 0.6 is 0 Å². The van der Waals surface area contributed by atoms with Crippen molar-refractivity contribution in [3.8, 4) is 45.4 Å². The molecule has 3 heterocycles. The molecule has 1 N–H and O–H groups in total. The zero-order valence-corrected chi connectivity index (χ0v) is 20.1. The molecule has 0 atom stereocenters. The van der Waals surface area contributed by atoms with E-state index >= 15 is 0 Å². The van der Waals surface area contributed by atoms with Gasteiger partial charge in [-0.15, -0.1) is 0 Å². The highest BCUT2D eigenvalue weighted by atomic mass is 16.7. The summed E-state index contributed by atoms with van der Waals surface area (Å²) in [4.78, 5) is 12.4. The first-order valence-electron chi connectivity index (χ1n) is 11.7. The minimum Gasteiger partial charge on any atom is -0.545 e. The van der Waals surface area contributed by atoms with E-state index in [0.717, 1.165) is 22.8 Å². The third-order valence-corrected chi connectivity index (χ3v) is 5.95. The summed E-state index contributed by atoms with van der Waals surface area (Å²) in [5, 5.41) is 10.8. The fourth-order valence-corrected chi connectivity index (χ4v) is 3.92. The highest BCUT2D eigenvalue weighted by molar-refractivity contribution is 5.86. The first kappa shape index (κ1) is 24.2. The van der Waals surface area contributed by atoms with E-state index in [-0.39, 0.29) is 15.0 Å². The predicted octanol–water partition coefficient (Wildman–Crippen LogP) is 3.01. The maximum Gasteiger partial charge on any atom is 0.231 e. The highest BCUT2D eigenvalue weighted by Crippen LogP contribution is 2.43. The molecule has 2 aromatic carbocycles. The number of fused-ring (bicyclic) bond motifs is 2. The summed E-state index contributed by atoms with van der Waals surface area (Å²) in [6, 6.07) is 12.8. The van der Waals surface area contributed by atoms with Gasteiger partial charge in [0.15, 0.2) is 23.0 Å². The Bertz CT molecular complexity index is 1140. The van der Waals surface area contributed by atoms with Crippen molar-refractivity contribution < 1.29 is 39.6 Å².